The first-order valence-corrected chi connectivity index (χ1v) is 9.55. The van der Waals surface area contributed by atoms with Crippen molar-refractivity contribution in [2.75, 3.05) is 22.5 Å². The van der Waals surface area contributed by atoms with Gasteiger partial charge in [0.2, 0.25) is 0 Å². The quantitative estimate of drug-likeness (QED) is 0.677. The van der Waals surface area contributed by atoms with Gasteiger partial charge < -0.3 is 16.0 Å². The average Bonchev–Trinajstić information content (AvgIpc) is 2.60. The Labute approximate surface area is 164 Å². The Hall–Kier alpha value is -1.91. The van der Waals surface area contributed by atoms with E-state index >= 15 is 0 Å². The second-order valence-corrected chi connectivity index (χ2v) is 7.66. The first kappa shape index (κ1) is 18.9. The molecule has 1 amide bonds. The highest BCUT2D eigenvalue weighted by molar-refractivity contribution is 6.42. The van der Waals surface area contributed by atoms with Crippen LogP contribution in [0.1, 0.15) is 42.1 Å². The van der Waals surface area contributed by atoms with E-state index in [4.69, 9.17) is 28.9 Å². The maximum atomic E-state index is 12.6. The van der Waals surface area contributed by atoms with Gasteiger partial charge in [-0.15, -0.1) is 0 Å². The molecule has 3 rings (SSSR count). The van der Waals surface area contributed by atoms with Gasteiger partial charge in [-0.2, -0.15) is 0 Å². The van der Waals surface area contributed by atoms with Crippen molar-refractivity contribution in [3.8, 4) is 0 Å². The summed E-state index contributed by atoms with van der Waals surface area (Å²) in [5.41, 5.74) is 9.98. The highest BCUT2D eigenvalue weighted by Gasteiger charge is 2.21. The first-order valence-electron chi connectivity index (χ1n) is 8.80. The molecule has 0 spiro atoms. The summed E-state index contributed by atoms with van der Waals surface area (Å²) in [5.74, 6) is -0.267. The number of nitrogens with one attached hydrogen (secondary N) is 1. The van der Waals surface area contributed by atoms with Crippen molar-refractivity contribution in [2.24, 2.45) is 0 Å². The van der Waals surface area contributed by atoms with Crippen molar-refractivity contribution >= 4 is 46.2 Å². The van der Waals surface area contributed by atoms with Crippen LogP contribution >= 0.6 is 23.2 Å². The van der Waals surface area contributed by atoms with E-state index < -0.39 is 0 Å². The van der Waals surface area contributed by atoms with E-state index in [1.807, 2.05) is 12.1 Å². The van der Waals surface area contributed by atoms with Crippen LogP contribution in [0.4, 0.5) is 17.1 Å². The van der Waals surface area contributed by atoms with Gasteiger partial charge in [0.1, 0.15) is 0 Å². The summed E-state index contributed by atoms with van der Waals surface area (Å²) in [6.07, 6.45) is 3.61. The van der Waals surface area contributed by atoms with Crippen molar-refractivity contribution in [2.45, 2.75) is 39.2 Å². The molecule has 0 radical (unpaired) electrons. The number of nitrogen functional groups attached to an aromatic ring is 1. The summed E-state index contributed by atoms with van der Waals surface area (Å²) < 4.78 is 0. The van der Waals surface area contributed by atoms with Gasteiger partial charge in [-0.25, -0.2) is 0 Å². The van der Waals surface area contributed by atoms with E-state index in [1.165, 1.54) is 19.3 Å². The second-order valence-electron chi connectivity index (χ2n) is 6.85. The van der Waals surface area contributed by atoms with E-state index in [0.717, 1.165) is 17.8 Å². The lowest BCUT2D eigenvalue weighted by atomic mass is 10.0. The van der Waals surface area contributed by atoms with E-state index in [9.17, 15) is 4.79 Å². The molecule has 1 saturated heterocycles. The number of nitrogens with two attached hydrogens (primary N) is 1. The number of piperidine rings is 1. The number of rotatable bonds is 3. The molecule has 1 aliphatic heterocycles. The van der Waals surface area contributed by atoms with Gasteiger partial charge in [0.25, 0.3) is 5.91 Å². The normalized spacial score (nSPS) is 17.2. The maximum Gasteiger partial charge on any atom is 0.255 e. The molecule has 0 aliphatic carbocycles. The standard InChI is InChI=1S/C20H23Cl2N3O/c1-12-9-17(23)18(11-19(12)25-8-4-3-5-13(25)2)24-20(26)14-6-7-15(21)16(22)10-14/h6-7,9-11,13H,3-5,8,23H2,1-2H3,(H,24,26)/t13-/m1/s1. The summed E-state index contributed by atoms with van der Waals surface area (Å²) in [7, 11) is 0. The zero-order chi connectivity index (χ0) is 18.8. The fraction of sp³-hybridized carbons (Fsp3) is 0.350. The van der Waals surface area contributed by atoms with Crippen molar-refractivity contribution in [3.05, 3.63) is 51.5 Å². The van der Waals surface area contributed by atoms with Crippen LogP contribution in [0.15, 0.2) is 30.3 Å². The lowest BCUT2D eigenvalue weighted by molar-refractivity contribution is 0.102. The second kappa shape index (κ2) is 7.77. The molecule has 26 heavy (non-hydrogen) atoms. The van der Waals surface area contributed by atoms with Gasteiger partial charge in [0.05, 0.1) is 21.4 Å². The summed E-state index contributed by atoms with van der Waals surface area (Å²) in [5, 5.41) is 3.66. The topological polar surface area (TPSA) is 58.4 Å². The number of nitrogens with zero attached hydrogens (tertiary/aromatic N) is 1. The fourth-order valence-corrected chi connectivity index (χ4v) is 3.72. The largest absolute Gasteiger partial charge is 0.397 e. The molecule has 0 unspecified atom stereocenters. The van der Waals surface area contributed by atoms with Crippen LogP contribution in [0.2, 0.25) is 10.0 Å². The third-order valence-corrected chi connectivity index (χ3v) is 5.65. The molecular weight excluding hydrogens is 369 g/mol. The molecule has 138 valence electrons. The lowest BCUT2D eigenvalue weighted by Crippen LogP contribution is -2.37. The molecule has 1 heterocycles. The van der Waals surface area contributed by atoms with Crippen molar-refractivity contribution in [1.82, 2.24) is 0 Å². The molecule has 1 atom stereocenters. The summed E-state index contributed by atoms with van der Waals surface area (Å²) >= 11 is 11.9. The SMILES string of the molecule is Cc1cc(N)c(NC(=O)c2ccc(Cl)c(Cl)c2)cc1N1CCCC[C@H]1C. The van der Waals surface area contributed by atoms with Crippen LogP contribution in [-0.2, 0) is 0 Å². The van der Waals surface area contributed by atoms with Crippen molar-refractivity contribution < 1.29 is 4.79 Å². The molecule has 4 nitrogen and oxygen atoms in total. The first-order chi connectivity index (χ1) is 12.4. The number of carbonyl (C=O) groups excluding carboxylic acids is 1. The summed E-state index contributed by atoms with van der Waals surface area (Å²) in [6, 6.07) is 9.17. The molecule has 3 N–H and O–H groups in total. The Morgan fingerprint density at radius 2 is 1.96 bits per heavy atom. The monoisotopic (exact) mass is 391 g/mol. The van der Waals surface area contributed by atoms with Crippen LogP contribution in [0, 0.1) is 6.92 Å². The van der Waals surface area contributed by atoms with Gasteiger partial charge in [-0.1, -0.05) is 23.2 Å². The highest BCUT2D eigenvalue weighted by atomic mass is 35.5. The molecule has 2 aromatic carbocycles. The minimum atomic E-state index is -0.267. The Morgan fingerprint density at radius 3 is 2.65 bits per heavy atom. The predicted octanol–water partition coefficient (Wildman–Crippen LogP) is 5.52. The van der Waals surface area contributed by atoms with Crippen molar-refractivity contribution in [3.63, 3.8) is 0 Å². The van der Waals surface area contributed by atoms with E-state index in [1.54, 1.807) is 18.2 Å². The Bertz CT molecular complexity index is 838. The minimum Gasteiger partial charge on any atom is -0.397 e. The lowest BCUT2D eigenvalue weighted by Gasteiger charge is -2.36. The smallest absolute Gasteiger partial charge is 0.255 e. The zero-order valence-electron chi connectivity index (χ0n) is 15.0. The fourth-order valence-electron chi connectivity index (χ4n) is 3.42. The van der Waals surface area contributed by atoms with E-state index in [-0.39, 0.29) is 5.91 Å². The number of hydrogen-bond donors (Lipinski definition) is 2. The summed E-state index contributed by atoms with van der Waals surface area (Å²) in [4.78, 5) is 15.0. The zero-order valence-corrected chi connectivity index (χ0v) is 16.5. The van der Waals surface area contributed by atoms with Crippen LogP contribution in [-0.4, -0.2) is 18.5 Å². The maximum absolute atomic E-state index is 12.6. The van der Waals surface area contributed by atoms with Crippen LogP contribution in [0.3, 0.4) is 0 Å². The van der Waals surface area contributed by atoms with Crippen molar-refractivity contribution in [1.29, 1.82) is 0 Å². The predicted molar refractivity (Wildman–Crippen MR) is 111 cm³/mol. The molecule has 6 heteroatoms. The highest BCUT2D eigenvalue weighted by Crippen LogP contribution is 2.34. The van der Waals surface area contributed by atoms with Crippen LogP contribution in [0.25, 0.3) is 0 Å². The molecule has 2 aromatic rings. The number of halogens is 2. The van der Waals surface area contributed by atoms with Gasteiger partial charge in [0, 0.05) is 23.8 Å². The van der Waals surface area contributed by atoms with Gasteiger partial charge in [0.15, 0.2) is 0 Å². The number of aryl methyl sites for hydroxylation is 1. The van der Waals surface area contributed by atoms with E-state index in [2.05, 4.69) is 24.1 Å². The minimum absolute atomic E-state index is 0.267. The molecule has 1 aliphatic rings. The molecule has 1 fully saturated rings. The third kappa shape index (κ3) is 3.92. The third-order valence-electron chi connectivity index (χ3n) is 4.91. The van der Waals surface area contributed by atoms with E-state index in [0.29, 0.717) is 33.0 Å². The average molecular weight is 392 g/mol. The van der Waals surface area contributed by atoms with Gasteiger partial charge in [-0.05, 0) is 69.0 Å². The Morgan fingerprint density at radius 1 is 1.19 bits per heavy atom. The molecular formula is C20H23Cl2N3O. The van der Waals surface area contributed by atoms with Gasteiger partial charge in [-0.3, -0.25) is 4.79 Å². The molecule has 0 aromatic heterocycles. The van der Waals surface area contributed by atoms with Crippen LogP contribution in [0.5, 0.6) is 0 Å². The number of anilines is 3. The number of hydrogen-bond acceptors (Lipinski definition) is 3. The van der Waals surface area contributed by atoms with Gasteiger partial charge >= 0.3 is 0 Å². The Balaban J connectivity index is 1.88. The molecule has 0 saturated carbocycles. The summed E-state index contributed by atoms with van der Waals surface area (Å²) in [6.45, 7) is 5.31. The number of amides is 1. The Kier molecular flexibility index (Phi) is 5.64. The van der Waals surface area contributed by atoms with Crippen LogP contribution < -0.4 is 16.0 Å². The number of carbonyl (C=O) groups is 1. The molecule has 0 bridgehead atoms. The number of benzene rings is 2.